The molecule has 0 saturated carbocycles. The van der Waals surface area contributed by atoms with E-state index in [2.05, 4.69) is 10.6 Å². The lowest BCUT2D eigenvalue weighted by Crippen LogP contribution is -2.63. The molecular formula is C20H24BFN4O9. The summed E-state index contributed by atoms with van der Waals surface area (Å²) >= 11 is 0. The third-order valence-corrected chi connectivity index (χ3v) is 5.73. The number of likely N-dealkylation sites (N-methyl/N-ethyl adjacent to an activating group) is 1. The second-order valence-electron chi connectivity index (χ2n) is 8.05. The summed E-state index contributed by atoms with van der Waals surface area (Å²) in [4.78, 5) is 62.9. The first-order chi connectivity index (χ1) is 16.5. The largest absolute Gasteiger partial charge is 0.547 e. The topological polar surface area (TPSA) is 186 Å². The van der Waals surface area contributed by atoms with E-state index in [1.165, 1.54) is 17.9 Å². The number of carboxylic acid groups (broad SMARTS) is 1. The minimum absolute atomic E-state index is 0.104. The average Bonchev–Trinajstić information content (AvgIpc) is 2.79. The summed E-state index contributed by atoms with van der Waals surface area (Å²) in [5.74, 6) is -7.06. The summed E-state index contributed by atoms with van der Waals surface area (Å²) in [5.41, 5.74) is -0.558. The van der Waals surface area contributed by atoms with Gasteiger partial charge < -0.3 is 35.4 Å². The fraction of sp³-hybridized carbons (Fsp3) is 0.450. The second kappa shape index (κ2) is 10.3. The van der Waals surface area contributed by atoms with Gasteiger partial charge in [-0.2, -0.15) is 0 Å². The van der Waals surface area contributed by atoms with Crippen molar-refractivity contribution in [2.75, 3.05) is 19.6 Å². The lowest BCUT2D eigenvalue weighted by Gasteiger charge is -2.33. The summed E-state index contributed by atoms with van der Waals surface area (Å²) in [6.07, 6.45) is -1.58. The first kappa shape index (κ1) is 25.9. The number of urea groups is 1. The molecule has 0 bridgehead atoms. The minimum atomic E-state index is -1.77. The molecule has 2 heterocycles. The predicted molar refractivity (Wildman–Crippen MR) is 116 cm³/mol. The Morgan fingerprint density at radius 3 is 2.54 bits per heavy atom. The molecule has 1 fully saturated rings. The Balaban J connectivity index is 1.71. The number of fused-ring (bicyclic) bond motifs is 1. The summed E-state index contributed by atoms with van der Waals surface area (Å²) in [7, 11) is -1.77. The van der Waals surface area contributed by atoms with E-state index in [0.717, 1.165) is 6.07 Å². The van der Waals surface area contributed by atoms with Gasteiger partial charge >= 0.3 is 30.9 Å². The molecule has 5 amide bonds. The maximum absolute atomic E-state index is 13.9. The standard InChI is InChI=1S/C20H24BFN4O9/c1-3-25-6-7-26(18(30)17(25)29)20(33)24-14(9(2)27)16(28)23-12-8-10-4-5-11(22)13(19(31)32)15(10)35-21(12)34/h4-5,9,12,14,27,34H,3,6-8H2,1-2H3,(H,23,28)(H,24,33)(H,31,32)/t9?,12-,14?/m0/s1. The maximum Gasteiger partial charge on any atom is 0.547 e. The molecule has 35 heavy (non-hydrogen) atoms. The molecule has 2 unspecified atom stereocenters. The van der Waals surface area contributed by atoms with E-state index >= 15 is 0 Å². The zero-order valence-corrected chi connectivity index (χ0v) is 18.9. The van der Waals surface area contributed by atoms with E-state index in [9.17, 15) is 43.6 Å². The SMILES string of the molecule is CCN1CCN(C(=O)NC(C(=O)N[C@H]2Cc3ccc(F)c(C(=O)O)c3OB2O)C(C)O)C(=O)C1=O. The number of carboxylic acids is 1. The highest BCUT2D eigenvalue weighted by atomic mass is 19.1. The summed E-state index contributed by atoms with van der Waals surface area (Å²) < 4.78 is 19.1. The Labute approximate surface area is 199 Å². The highest BCUT2D eigenvalue weighted by molar-refractivity contribution is 6.47. The normalized spacial score (nSPS) is 19.5. The molecular weight excluding hydrogens is 470 g/mol. The van der Waals surface area contributed by atoms with Crippen LogP contribution in [0.4, 0.5) is 9.18 Å². The van der Waals surface area contributed by atoms with Gasteiger partial charge in [-0.25, -0.2) is 14.0 Å². The number of rotatable bonds is 6. The Kier molecular flexibility index (Phi) is 7.60. The summed E-state index contributed by atoms with van der Waals surface area (Å²) in [6.45, 7) is 3.18. The molecule has 1 aromatic rings. The molecule has 0 aromatic heterocycles. The number of piperazine rings is 1. The molecule has 0 radical (unpaired) electrons. The smallest absolute Gasteiger partial charge is 0.534 e. The van der Waals surface area contributed by atoms with E-state index in [4.69, 9.17) is 4.65 Å². The highest BCUT2D eigenvalue weighted by Crippen LogP contribution is 2.32. The Bertz CT molecular complexity index is 1070. The van der Waals surface area contributed by atoms with Crippen LogP contribution in [0, 0.1) is 5.82 Å². The molecule has 1 saturated heterocycles. The number of nitrogens with zero attached hydrogens (tertiary/aromatic N) is 2. The van der Waals surface area contributed by atoms with Crippen LogP contribution in [0.2, 0.25) is 0 Å². The first-order valence-electron chi connectivity index (χ1n) is 10.7. The zero-order chi connectivity index (χ0) is 26.0. The van der Waals surface area contributed by atoms with Crippen molar-refractivity contribution in [3.63, 3.8) is 0 Å². The number of halogens is 1. The third kappa shape index (κ3) is 5.20. The van der Waals surface area contributed by atoms with Crippen LogP contribution < -0.4 is 15.3 Å². The fourth-order valence-electron chi connectivity index (χ4n) is 3.82. The van der Waals surface area contributed by atoms with Gasteiger partial charge in [0.1, 0.15) is 23.2 Å². The lowest BCUT2D eigenvalue weighted by molar-refractivity contribution is -0.153. The number of hydrogen-bond acceptors (Lipinski definition) is 8. The number of aromatic carboxylic acids is 1. The molecule has 2 aliphatic rings. The lowest BCUT2D eigenvalue weighted by atomic mass is 9.72. The summed E-state index contributed by atoms with van der Waals surface area (Å²) in [5, 5.41) is 34.2. The number of carbonyl (C=O) groups excluding carboxylic acids is 4. The number of aliphatic hydroxyl groups is 1. The number of hydrogen-bond donors (Lipinski definition) is 5. The van der Waals surface area contributed by atoms with Gasteiger partial charge in [0.15, 0.2) is 0 Å². The van der Waals surface area contributed by atoms with Crippen molar-refractivity contribution in [2.45, 2.75) is 38.4 Å². The van der Waals surface area contributed by atoms with Crippen LogP contribution in [0.15, 0.2) is 12.1 Å². The maximum atomic E-state index is 13.9. The van der Waals surface area contributed by atoms with Crippen LogP contribution in [-0.2, 0) is 20.8 Å². The van der Waals surface area contributed by atoms with E-state index in [0.29, 0.717) is 4.90 Å². The van der Waals surface area contributed by atoms with Crippen LogP contribution in [0.1, 0.15) is 29.8 Å². The van der Waals surface area contributed by atoms with Crippen molar-refractivity contribution in [3.05, 3.63) is 29.1 Å². The molecule has 188 valence electrons. The van der Waals surface area contributed by atoms with Gasteiger partial charge in [0.05, 0.1) is 12.0 Å². The minimum Gasteiger partial charge on any atom is -0.534 e. The predicted octanol–water partition coefficient (Wildman–Crippen LogP) is -1.89. The average molecular weight is 494 g/mol. The molecule has 2 aliphatic heterocycles. The molecule has 13 nitrogen and oxygen atoms in total. The molecule has 3 atom stereocenters. The van der Waals surface area contributed by atoms with Crippen LogP contribution in [0.3, 0.4) is 0 Å². The van der Waals surface area contributed by atoms with Crippen molar-refractivity contribution < 1.29 is 48.3 Å². The molecule has 0 aliphatic carbocycles. The highest BCUT2D eigenvalue weighted by Gasteiger charge is 2.41. The van der Waals surface area contributed by atoms with Gasteiger partial charge in [0.25, 0.3) is 0 Å². The van der Waals surface area contributed by atoms with E-state index < -0.39 is 66.3 Å². The molecule has 0 spiro atoms. The van der Waals surface area contributed by atoms with Crippen molar-refractivity contribution >= 4 is 36.8 Å². The van der Waals surface area contributed by atoms with E-state index in [-0.39, 0.29) is 37.4 Å². The first-order valence-corrected chi connectivity index (χ1v) is 10.7. The van der Waals surface area contributed by atoms with Gasteiger partial charge in [-0.15, -0.1) is 0 Å². The molecule has 5 N–H and O–H groups in total. The molecule has 3 rings (SSSR count). The zero-order valence-electron chi connectivity index (χ0n) is 18.9. The van der Waals surface area contributed by atoms with Crippen LogP contribution in [0.25, 0.3) is 0 Å². The number of amides is 5. The second-order valence-corrected chi connectivity index (χ2v) is 8.05. The van der Waals surface area contributed by atoms with Gasteiger partial charge in [-0.3, -0.25) is 19.3 Å². The van der Waals surface area contributed by atoms with Crippen molar-refractivity contribution in [3.8, 4) is 5.75 Å². The summed E-state index contributed by atoms with van der Waals surface area (Å²) in [6, 6.07) is -0.481. The quantitative estimate of drug-likeness (QED) is 0.223. The number of benzene rings is 1. The van der Waals surface area contributed by atoms with Gasteiger partial charge in [-0.1, -0.05) is 6.07 Å². The van der Waals surface area contributed by atoms with Crippen LogP contribution in [0.5, 0.6) is 5.75 Å². The van der Waals surface area contributed by atoms with Gasteiger partial charge in [0.2, 0.25) is 5.91 Å². The number of nitrogens with one attached hydrogen (secondary N) is 2. The number of imide groups is 1. The van der Waals surface area contributed by atoms with Gasteiger partial charge in [-0.05, 0) is 31.9 Å². The molecule has 15 heteroatoms. The number of aliphatic hydroxyl groups excluding tert-OH is 1. The van der Waals surface area contributed by atoms with Crippen molar-refractivity contribution in [1.82, 2.24) is 20.4 Å². The number of carbonyl (C=O) groups is 5. The van der Waals surface area contributed by atoms with Crippen LogP contribution in [-0.4, -0.2) is 99.6 Å². The Morgan fingerprint density at radius 1 is 1.26 bits per heavy atom. The van der Waals surface area contributed by atoms with E-state index in [1.54, 1.807) is 6.92 Å². The third-order valence-electron chi connectivity index (χ3n) is 5.73. The van der Waals surface area contributed by atoms with Crippen molar-refractivity contribution in [1.29, 1.82) is 0 Å². The fourth-order valence-corrected chi connectivity index (χ4v) is 3.82. The Hall–Kier alpha value is -3.72. The Morgan fingerprint density at radius 2 is 1.94 bits per heavy atom. The molecule has 1 aromatic carbocycles. The van der Waals surface area contributed by atoms with Crippen LogP contribution >= 0.6 is 0 Å². The van der Waals surface area contributed by atoms with Gasteiger partial charge in [0, 0.05) is 19.6 Å². The van der Waals surface area contributed by atoms with Crippen molar-refractivity contribution in [2.24, 2.45) is 0 Å². The van der Waals surface area contributed by atoms with E-state index in [1.807, 2.05) is 0 Å². The monoisotopic (exact) mass is 494 g/mol.